The third-order valence-electron chi connectivity index (χ3n) is 2.04. The molecule has 1 rings (SSSR count). The number of alkyl halides is 1. The molecule has 0 bridgehead atoms. The van der Waals surface area contributed by atoms with Gasteiger partial charge in [0, 0.05) is 9.80 Å². The molecule has 0 N–H and O–H groups in total. The van der Waals surface area contributed by atoms with Crippen molar-refractivity contribution >= 4 is 49.4 Å². The molecule has 0 aliphatic carbocycles. The normalized spacial score (nSPS) is 10.2. The van der Waals surface area contributed by atoms with Crippen LogP contribution in [0.15, 0.2) is 10.5 Å². The Morgan fingerprint density at radius 3 is 2.67 bits per heavy atom. The standard InChI is InChI=1S/C10H9Br2ClO2/c1-5-3-7(12)9(13)6(4-11)8(5)10(14)15-2/h3H,4H2,1-2H3. The third-order valence-corrected chi connectivity index (χ3v) is 3.88. The maximum atomic E-state index is 11.6. The summed E-state index contributed by atoms with van der Waals surface area (Å²) < 4.78 is 5.50. The molecule has 0 aromatic heterocycles. The monoisotopic (exact) mass is 354 g/mol. The van der Waals surface area contributed by atoms with Gasteiger partial charge in [-0.05, 0) is 40.0 Å². The number of rotatable bonds is 2. The number of hydrogen-bond donors (Lipinski definition) is 0. The van der Waals surface area contributed by atoms with Gasteiger partial charge in [0.1, 0.15) is 0 Å². The number of benzene rings is 1. The van der Waals surface area contributed by atoms with Gasteiger partial charge in [0.15, 0.2) is 0 Å². The number of esters is 1. The summed E-state index contributed by atoms with van der Waals surface area (Å²) in [5.74, 6) is -0.364. The van der Waals surface area contributed by atoms with Crippen LogP contribution in [0, 0.1) is 6.92 Å². The van der Waals surface area contributed by atoms with Crippen LogP contribution in [0.25, 0.3) is 0 Å². The van der Waals surface area contributed by atoms with Gasteiger partial charge < -0.3 is 4.74 Å². The number of carbonyl (C=O) groups excluding carboxylic acids is 1. The molecular weight excluding hydrogens is 347 g/mol. The van der Waals surface area contributed by atoms with E-state index in [9.17, 15) is 4.79 Å². The lowest BCUT2D eigenvalue weighted by Gasteiger charge is -2.12. The van der Waals surface area contributed by atoms with Crippen molar-refractivity contribution in [2.75, 3.05) is 7.11 Å². The summed E-state index contributed by atoms with van der Waals surface area (Å²) in [6.07, 6.45) is 0. The number of methoxy groups -OCH3 is 1. The molecule has 5 heteroatoms. The van der Waals surface area contributed by atoms with Crippen LogP contribution in [-0.2, 0) is 10.1 Å². The van der Waals surface area contributed by atoms with E-state index >= 15 is 0 Å². The predicted octanol–water partition coefficient (Wildman–Crippen LogP) is 4.09. The second-order valence-corrected chi connectivity index (χ2v) is 4.76. The zero-order valence-electron chi connectivity index (χ0n) is 8.23. The molecule has 2 nitrogen and oxygen atoms in total. The van der Waals surface area contributed by atoms with E-state index in [0.29, 0.717) is 15.9 Å². The van der Waals surface area contributed by atoms with E-state index in [4.69, 9.17) is 16.3 Å². The Morgan fingerprint density at radius 1 is 1.60 bits per heavy atom. The van der Waals surface area contributed by atoms with Crippen molar-refractivity contribution in [3.05, 3.63) is 32.3 Å². The van der Waals surface area contributed by atoms with E-state index in [1.807, 2.05) is 6.92 Å². The fourth-order valence-electron chi connectivity index (χ4n) is 1.33. The highest BCUT2D eigenvalue weighted by molar-refractivity contribution is 9.10. The minimum absolute atomic E-state index is 0.364. The van der Waals surface area contributed by atoms with Crippen molar-refractivity contribution in [3.63, 3.8) is 0 Å². The Bertz CT molecular complexity index is 405. The summed E-state index contributed by atoms with van der Waals surface area (Å²) in [6.45, 7) is 1.85. The second kappa shape index (κ2) is 5.32. The highest BCUT2D eigenvalue weighted by Gasteiger charge is 2.19. The molecule has 82 valence electrons. The van der Waals surface area contributed by atoms with Crippen LogP contribution in [0.3, 0.4) is 0 Å². The molecule has 1 aromatic rings. The molecule has 0 radical (unpaired) electrons. The fraction of sp³-hybridized carbons (Fsp3) is 0.300. The number of halogens is 3. The SMILES string of the molecule is COC(=O)c1c(C)cc(Br)c(Cl)c1CBr. The van der Waals surface area contributed by atoms with Gasteiger partial charge in [-0.3, -0.25) is 0 Å². The van der Waals surface area contributed by atoms with Gasteiger partial charge in [-0.15, -0.1) is 0 Å². The second-order valence-electron chi connectivity index (χ2n) is 2.97. The van der Waals surface area contributed by atoms with E-state index in [1.165, 1.54) is 7.11 Å². The maximum absolute atomic E-state index is 11.6. The Kier molecular flexibility index (Phi) is 4.62. The van der Waals surface area contributed by atoms with Crippen LogP contribution in [-0.4, -0.2) is 13.1 Å². The first-order chi connectivity index (χ1) is 7.02. The predicted molar refractivity (Wildman–Crippen MR) is 67.9 cm³/mol. The van der Waals surface area contributed by atoms with Crippen molar-refractivity contribution < 1.29 is 9.53 Å². The van der Waals surface area contributed by atoms with Crippen molar-refractivity contribution in [3.8, 4) is 0 Å². The van der Waals surface area contributed by atoms with Crippen LogP contribution < -0.4 is 0 Å². The molecule has 0 saturated heterocycles. The van der Waals surface area contributed by atoms with Crippen molar-refractivity contribution in [2.24, 2.45) is 0 Å². The summed E-state index contributed by atoms with van der Waals surface area (Å²) >= 11 is 12.7. The number of carbonyl (C=O) groups is 1. The Balaban J connectivity index is 3.49. The molecule has 1 aromatic carbocycles. The molecule has 0 spiro atoms. The highest BCUT2D eigenvalue weighted by atomic mass is 79.9. The summed E-state index contributed by atoms with van der Waals surface area (Å²) in [4.78, 5) is 11.6. The Hall–Kier alpha value is -0.0600. The van der Waals surface area contributed by atoms with Gasteiger partial charge in [0.2, 0.25) is 0 Å². The van der Waals surface area contributed by atoms with Gasteiger partial charge in [0.25, 0.3) is 0 Å². The molecular formula is C10H9Br2ClO2. The van der Waals surface area contributed by atoms with Gasteiger partial charge in [-0.2, -0.15) is 0 Å². The topological polar surface area (TPSA) is 26.3 Å². The van der Waals surface area contributed by atoms with Crippen molar-refractivity contribution in [1.29, 1.82) is 0 Å². The molecule has 15 heavy (non-hydrogen) atoms. The van der Waals surface area contributed by atoms with E-state index in [1.54, 1.807) is 6.07 Å². The summed E-state index contributed by atoms with van der Waals surface area (Å²) in [6, 6.07) is 1.81. The zero-order valence-corrected chi connectivity index (χ0v) is 12.2. The summed E-state index contributed by atoms with van der Waals surface area (Å²) in [5.41, 5.74) is 2.12. The third kappa shape index (κ3) is 2.55. The molecule has 0 unspecified atom stereocenters. The van der Waals surface area contributed by atoms with Gasteiger partial charge in [-0.1, -0.05) is 27.5 Å². The van der Waals surface area contributed by atoms with Crippen LogP contribution in [0.4, 0.5) is 0 Å². The molecule has 0 saturated carbocycles. The highest BCUT2D eigenvalue weighted by Crippen LogP contribution is 2.33. The van der Waals surface area contributed by atoms with Crippen LogP contribution >= 0.6 is 43.5 Å². The first-order valence-electron chi connectivity index (χ1n) is 4.14. The van der Waals surface area contributed by atoms with Crippen LogP contribution in [0.2, 0.25) is 5.02 Å². The first-order valence-corrected chi connectivity index (χ1v) is 6.44. The average Bonchev–Trinajstić information content (AvgIpc) is 2.21. The van der Waals surface area contributed by atoms with Crippen molar-refractivity contribution in [2.45, 2.75) is 12.3 Å². The Morgan fingerprint density at radius 2 is 2.20 bits per heavy atom. The van der Waals surface area contributed by atoms with Gasteiger partial charge >= 0.3 is 5.97 Å². The van der Waals surface area contributed by atoms with Gasteiger partial charge in [0.05, 0.1) is 17.7 Å². The fourth-order valence-corrected chi connectivity index (χ4v) is 2.85. The van der Waals surface area contributed by atoms with Crippen molar-refractivity contribution in [1.82, 2.24) is 0 Å². The summed E-state index contributed by atoms with van der Waals surface area (Å²) in [5, 5.41) is 1.05. The van der Waals surface area contributed by atoms with Crippen LogP contribution in [0.5, 0.6) is 0 Å². The van der Waals surface area contributed by atoms with E-state index < -0.39 is 0 Å². The van der Waals surface area contributed by atoms with Gasteiger partial charge in [-0.25, -0.2) is 4.79 Å². The quantitative estimate of drug-likeness (QED) is 0.589. The summed E-state index contributed by atoms with van der Waals surface area (Å²) in [7, 11) is 1.36. The minimum Gasteiger partial charge on any atom is -0.465 e. The average molecular weight is 356 g/mol. The number of ether oxygens (including phenoxy) is 1. The lowest BCUT2D eigenvalue weighted by Crippen LogP contribution is -2.08. The lowest BCUT2D eigenvalue weighted by atomic mass is 10.0. The molecule has 0 fully saturated rings. The van der Waals surface area contributed by atoms with E-state index in [-0.39, 0.29) is 5.97 Å². The van der Waals surface area contributed by atoms with E-state index in [0.717, 1.165) is 15.6 Å². The number of aryl methyl sites for hydroxylation is 1. The first kappa shape index (κ1) is 13.0. The molecule has 0 heterocycles. The minimum atomic E-state index is -0.364. The Labute approximate surface area is 110 Å². The zero-order chi connectivity index (χ0) is 11.6. The number of hydrogen-bond acceptors (Lipinski definition) is 2. The lowest BCUT2D eigenvalue weighted by molar-refractivity contribution is 0.0599. The molecule has 0 amide bonds. The van der Waals surface area contributed by atoms with E-state index in [2.05, 4.69) is 31.9 Å². The smallest absolute Gasteiger partial charge is 0.338 e. The van der Waals surface area contributed by atoms with Crippen LogP contribution in [0.1, 0.15) is 21.5 Å². The molecule has 0 aliphatic rings. The molecule has 0 atom stereocenters. The largest absolute Gasteiger partial charge is 0.465 e. The molecule has 0 aliphatic heterocycles. The maximum Gasteiger partial charge on any atom is 0.338 e.